The minimum absolute atomic E-state index is 0.147. The van der Waals surface area contributed by atoms with E-state index >= 15 is 0 Å². The van der Waals surface area contributed by atoms with Crippen LogP contribution in [0.4, 0.5) is 11.4 Å². The van der Waals surface area contributed by atoms with Crippen LogP contribution < -0.4 is 14.2 Å². The van der Waals surface area contributed by atoms with Crippen molar-refractivity contribution in [3.63, 3.8) is 0 Å². The Labute approximate surface area is 149 Å². The Bertz CT molecular complexity index is 901. The first-order valence-corrected chi connectivity index (χ1v) is 8.94. The van der Waals surface area contributed by atoms with Crippen LogP contribution in [0.1, 0.15) is 5.56 Å². The van der Waals surface area contributed by atoms with Gasteiger partial charge in [0.25, 0.3) is 5.69 Å². The van der Waals surface area contributed by atoms with E-state index in [0.29, 0.717) is 0 Å². The van der Waals surface area contributed by atoms with Gasteiger partial charge in [-0.3, -0.25) is 14.8 Å². The number of non-ortho nitro benzene ring substituents is 1. The number of hydrogen-bond donors (Lipinski definition) is 1. The second-order valence-electron chi connectivity index (χ2n) is 4.98. The number of methoxy groups -OCH3 is 2. The average Bonchev–Trinajstić information content (AvgIpc) is 2.55. The molecule has 0 fully saturated rings. The molecule has 0 aliphatic rings. The van der Waals surface area contributed by atoms with E-state index in [1.807, 2.05) is 0 Å². The summed E-state index contributed by atoms with van der Waals surface area (Å²) in [5.74, 6) is 0.0481. The zero-order chi connectivity index (χ0) is 18.6. The molecule has 0 aromatic heterocycles. The molecule has 0 saturated heterocycles. The molecule has 0 bridgehead atoms. The van der Waals surface area contributed by atoms with E-state index in [4.69, 9.17) is 21.1 Å². The highest BCUT2D eigenvalue weighted by atomic mass is 35.5. The lowest BCUT2D eigenvalue weighted by Gasteiger charge is -2.14. The number of halogens is 1. The quantitative estimate of drug-likeness (QED) is 0.578. The third-order valence-corrected chi connectivity index (χ3v) is 4.76. The Morgan fingerprint density at radius 1 is 1.16 bits per heavy atom. The molecule has 0 amide bonds. The van der Waals surface area contributed by atoms with Crippen molar-refractivity contribution in [2.75, 3.05) is 18.9 Å². The monoisotopic (exact) mass is 386 g/mol. The topological polar surface area (TPSA) is 108 Å². The van der Waals surface area contributed by atoms with Crippen LogP contribution in [0.5, 0.6) is 11.5 Å². The maximum absolute atomic E-state index is 12.4. The third-order valence-electron chi connectivity index (χ3n) is 3.22. The van der Waals surface area contributed by atoms with E-state index in [1.54, 1.807) is 0 Å². The Kier molecular flexibility index (Phi) is 5.70. The lowest BCUT2D eigenvalue weighted by molar-refractivity contribution is -0.384. The summed E-state index contributed by atoms with van der Waals surface area (Å²) in [6.45, 7) is 0. The fourth-order valence-corrected chi connectivity index (χ4v) is 3.54. The second kappa shape index (κ2) is 7.58. The minimum Gasteiger partial charge on any atom is -0.495 e. The molecular formula is C15H15ClN2O6S. The van der Waals surface area contributed by atoms with Gasteiger partial charge in [0.1, 0.15) is 11.5 Å². The molecule has 0 radical (unpaired) electrons. The van der Waals surface area contributed by atoms with E-state index < -0.39 is 20.7 Å². The molecule has 2 aromatic carbocycles. The zero-order valence-electron chi connectivity index (χ0n) is 13.4. The molecule has 2 rings (SSSR count). The molecule has 0 saturated carbocycles. The summed E-state index contributed by atoms with van der Waals surface area (Å²) in [7, 11) is -1.08. The third kappa shape index (κ3) is 4.74. The van der Waals surface area contributed by atoms with Gasteiger partial charge >= 0.3 is 0 Å². The largest absolute Gasteiger partial charge is 0.495 e. The maximum Gasteiger partial charge on any atom is 0.269 e. The predicted molar refractivity (Wildman–Crippen MR) is 93.9 cm³/mol. The molecule has 25 heavy (non-hydrogen) atoms. The van der Waals surface area contributed by atoms with Gasteiger partial charge in [-0.15, -0.1) is 0 Å². The van der Waals surface area contributed by atoms with Crippen LogP contribution in [0.2, 0.25) is 5.02 Å². The summed E-state index contributed by atoms with van der Waals surface area (Å²) in [5, 5.41) is 11.1. The number of ether oxygens (including phenoxy) is 2. The van der Waals surface area contributed by atoms with Gasteiger partial charge in [-0.05, 0) is 5.56 Å². The summed E-state index contributed by atoms with van der Waals surface area (Å²) >= 11 is 5.98. The van der Waals surface area contributed by atoms with Crippen molar-refractivity contribution in [1.29, 1.82) is 0 Å². The second-order valence-corrected chi connectivity index (χ2v) is 7.10. The van der Waals surface area contributed by atoms with Gasteiger partial charge in [-0.1, -0.05) is 23.7 Å². The fraction of sp³-hybridized carbons (Fsp3) is 0.200. The van der Waals surface area contributed by atoms with E-state index in [9.17, 15) is 18.5 Å². The van der Waals surface area contributed by atoms with Crippen LogP contribution in [0.25, 0.3) is 0 Å². The lowest BCUT2D eigenvalue weighted by atomic mass is 10.2. The molecule has 0 aliphatic heterocycles. The molecule has 1 N–H and O–H groups in total. The van der Waals surface area contributed by atoms with Gasteiger partial charge in [0.2, 0.25) is 10.0 Å². The summed E-state index contributed by atoms with van der Waals surface area (Å²) in [4.78, 5) is 10.2. The van der Waals surface area contributed by atoms with Crippen LogP contribution in [-0.2, 0) is 15.8 Å². The van der Waals surface area contributed by atoms with Gasteiger partial charge in [-0.25, -0.2) is 8.42 Å². The molecule has 10 heteroatoms. The van der Waals surface area contributed by atoms with E-state index in [2.05, 4.69) is 4.72 Å². The van der Waals surface area contributed by atoms with Crippen molar-refractivity contribution < 1.29 is 22.8 Å². The summed E-state index contributed by atoms with van der Waals surface area (Å²) < 4.78 is 37.3. The number of sulfonamides is 1. The number of anilines is 1. The molecule has 0 heterocycles. The highest BCUT2D eigenvalue weighted by Crippen LogP contribution is 2.36. The predicted octanol–water partition coefficient (Wildman–Crippen LogP) is 3.21. The zero-order valence-corrected chi connectivity index (χ0v) is 14.9. The van der Waals surface area contributed by atoms with E-state index in [0.717, 1.165) is 0 Å². The van der Waals surface area contributed by atoms with Crippen molar-refractivity contribution in [2.45, 2.75) is 5.75 Å². The summed E-state index contributed by atoms with van der Waals surface area (Å²) in [5.41, 5.74) is 0.245. The smallest absolute Gasteiger partial charge is 0.269 e. The standard InChI is InChI=1S/C15H15ClN2O6S/c1-23-14-8-13(15(24-2)7-12(14)16)17-25(21,22)9-10-4-3-5-11(6-10)18(19)20/h3-8,17H,9H2,1-2H3. The number of benzene rings is 2. The SMILES string of the molecule is COc1cc(NS(=O)(=O)Cc2cccc([N+](=O)[O-])c2)c(OC)cc1Cl. The van der Waals surface area contributed by atoms with Crippen molar-refractivity contribution in [3.05, 3.63) is 57.1 Å². The Hall–Kier alpha value is -2.52. The number of nitro benzene ring substituents is 1. The molecule has 0 aliphatic carbocycles. The van der Waals surface area contributed by atoms with Crippen molar-refractivity contribution >= 4 is 33.0 Å². The molecule has 2 aromatic rings. The highest BCUT2D eigenvalue weighted by molar-refractivity contribution is 7.91. The van der Waals surface area contributed by atoms with Crippen molar-refractivity contribution in [3.8, 4) is 11.5 Å². The van der Waals surface area contributed by atoms with Crippen LogP contribution >= 0.6 is 11.6 Å². The first-order chi connectivity index (χ1) is 11.8. The molecule has 0 atom stereocenters. The fourth-order valence-electron chi connectivity index (χ4n) is 2.12. The first-order valence-electron chi connectivity index (χ1n) is 6.91. The number of nitrogens with one attached hydrogen (secondary N) is 1. The molecular weight excluding hydrogens is 372 g/mol. The minimum atomic E-state index is -3.85. The summed E-state index contributed by atoms with van der Waals surface area (Å²) in [6, 6.07) is 8.23. The average molecular weight is 387 g/mol. The van der Waals surface area contributed by atoms with Gasteiger partial charge < -0.3 is 9.47 Å². The van der Waals surface area contributed by atoms with Gasteiger partial charge in [-0.2, -0.15) is 0 Å². The van der Waals surface area contributed by atoms with Gasteiger partial charge in [0, 0.05) is 24.3 Å². The van der Waals surface area contributed by atoms with Crippen molar-refractivity contribution in [2.24, 2.45) is 0 Å². The van der Waals surface area contributed by atoms with Crippen LogP contribution in [0.15, 0.2) is 36.4 Å². The summed E-state index contributed by atoms with van der Waals surface area (Å²) in [6.07, 6.45) is 0. The van der Waals surface area contributed by atoms with Gasteiger partial charge in [0.05, 0.1) is 35.6 Å². The number of rotatable bonds is 7. The number of hydrogen-bond acceptors (Lipinski definition) is 6. The molecule has 8 nitrogen and oxygen atoms in total. The van der Waals surface area contributed by atoms with Crippen LogP contribution in [0, 0.1) is 10.1 Å². The van der Waals surface area contributed by atoms with Crippen LogP contribution in [0.3, 0.4) is 0 Å². The highest BCUT2D eigenvalue weighted by Gasteiger charge is 2.18. The number of nitro groups is 1. The molecule has 134 valence electrons. The van der Waals surface area contributed by atoms with Gasteiger partial charge in [0.15, 0.2) is 0 Å². The lowest BCUT2D eigenvalue weighted by Crippen LogP contribution is -2.16. The number of nitrogens with zero attached hydrogens (tertiary/aromatic N) is 1. The van der Waals surface area contributed by atoms with Crippen LogP contribution in [-0.4, -0.2) is 27.6 Å². The Balaban J connectivity index is 2.30. The van der Waals surface area contributed by atoms with E-state index in [1.165, 1.54) is 50.6 Å². The maximum atomic E-state index is 12.4. The molecule has 0 spiro atoms. The Morgan fingerprint density at radius 2 is 1.84 bits per heavy atom. The first kappa shape index (κ1) is 18.8. The Morgan fingerprint density at radius 3 is 2.44 bits per heavy atom. The van der Waals surface area contributed by atoms with Crippen molar-refractivity contribution in [1.82, 2.24) is 0 Å². The normalized spacial score (nSPS) is 11.0. The molecule has 0 unspecified atom stereocenters. The van der Waals surface area contributed by atoms with E-state index in [-0.39, 0.29) is 33.5 Å².